The minimum absolute atomic E-state index is 0.166. The number of thiophene rings is 1. The molecular formula is C23H18BrN5OS. The molecule has 0 aliphatic carbocycles. The lowest BCUT2D eigenvalue weighted by Crippen LogP contribution is -2.23. The lowest BCUT2D eigenvalue weighted by Gasteiger charge is -2.02. The monoisotopic (exact) mass is 491 g/mol. The Kier molecular flexibility index (Phi) is 5.40. The van der Waals surface area contributed by atoms with Gasteiger partial charge in [0.25, 0.3) is 5.91 Å². The summed E-state index contributed by atoms with van der Waals surface area (Å²) in [6.07, 6.45) is 5.67. The second-order valence-electron chi connectivity index (χ2n) is 7.08. The molecule has 154 valence electrons. The molecule has 1 amide bonds. The average Bonchev–Trinajstić information content (AvgIpc) is 3.51. The van der Waals surface area contributed by atoms with E-state index in [0.717, 1.165) is 26.3 Å². The second-order valence-corrected chi connectivity index (χ2v) is 8.94. The maximum Gasteiger partial charge on any atom is 0.255 e. The molecule has 0 saturated carbocycles. The largest absolute Gasteiger partial charge is 0.346 e. The van der Waals surface area contributed by atoms with Gasteiger partial charge in [0.1, 0.15) is 11.3 Å². The maximum absolute atomic E-state index is 13.1. The van der Waals surface area contributed by atoms with Gasteiger partial charge in [0, 0.05) is 23.1 Å². The van der Waals surface area contributed by atoms with E-state index in [-0.39, 0.29) is 5.91 Å². The summed E-state index contributed by atoms with van der Waals surface area (Å²) in [7, 11) is 0. The highest BCUT2D eigenvalue weighted by Gasteiger charge is 2.19. The molecule has 0 saturated heterocycles. The lowest BCUT2D eigenvalue weighted by molar-refractivity contribution is 0.0951. The predicted octanol–water partition coefficient (Wildman–Crippen LogP) is 5.00. The maximum atomic E-state index is 13.1. The van der Waals surface area contributed by atoms with Crippen molar-refractivity contribution in [1.82, 2.24) is 24.5 Å². The zero-order valence-electron chi connectivity index (χ0n) is 16.4. The molecule has 5 rings (SSSR count). The van der Waals surface area contributed by atoms with Gasteiger partial charge < -0.3 is 9.72 Å². The van der Waals surface area contributed by atoms with Crippen LogP contribution in [0.15, 0.2) is 83.0 Å². The molecule has 0 radical (unpaired) electrons. The Bertz CT molecular complexity index is 1340. The molecule has 0 unspecified atom stereocenters. The van der Waals surface area contributed by atoms with Crippen LogP contribution in [0.25, 0.3) is 16.2 Å². The number of nitrogens with zero attached hydrogens (tertiary/aromatic N) is 4. The number of amides is 1. The number of halogens is 1. The summed E-state index contributed by atoms with van der Waals surface area (Å²) in [6, 6.07) is 17.9. The average molecular weight is 492 g/mol. The number of fused-ring (bicyclic) bond motifs is 1. The van der Waals surface area contributed by atoms with Crippen molar-refractivity contribution in [2.45, 2.75) is 13.1 Å². The van der Waals surface area contributed by atoms with Gasteiger partial charge in [-0.25, -0.2) is 4.98 Å². The number of benzene rings is 1. The van der Waals surface area contributed by atoms with E-state index in [9.17, 15) is 4.79 Å². The summed E-state index contributed by atoms with van der Waals surface area (Å²) in [5, 5.41) is 9.69. The summed E-state index contributed by atoms with van der Waals surface area (Å²) in [5.74, 6) is -0.166. The molecule has 1 aromatic carbocycles. The van der Waals surface area contributed by atoms with Crippen LogP contribution < -0.4 is 5.32 Å². The fourth-order valence-corrected chi connectivity index (χ4v) is 4.48. The van der Waals surface area contributed by atoms with Crippen molar-refractivity contribution in [2.75, 3.05) is 0 Å². The van der Waals surface area contributed by atoms with E-state index >= 15 is 0 Å². The van der Waals surface area contributed by atoms with Gasteiger partial charge in [0.15, 0.2) is 0 Å². The third kappa shape index (κ3) is 4.30. The molecule has 0 bridgehead atoms. The van der Waals surface area contributed by atoms with E-state index in [4.69, 9.17) is 5.10 Å². The van der Waals surface area contributed by atoms with Crippen LogP contribution in [0.2, 0.25) is 0 Å². The molecule has 4 heterocycles. The van der Waals surface area contributed by atoms with E-state index < -0.39 is 0 Å². The number of hydrogen-bond donors (Lipinski definition) is 1. The first-order valence-electron chi connectivity index (χ1n) is 9.72. The van der Waals surface area contributed by atoms with Crippen molar-refractivity contribution in [2.24, 2.45) is 0 Å². The highest BCUT2D eigenvalue weighted by atomic mass is 79.9. The van der Waals surface area contributed by atoms with Crippen molar-refractivity contribution in [1.29, 1.82) is 0 Å². The van der Waals surface area contributed by atoms with E-state index in [1.54, 1.807) is 11.3 Å². The molecule has 0 spiro atoms. The van der Waals surface area contributed by atoms with Gasteiger partial charge in [-0.15, -0.1) is 11.3 Å². The number of aromatic nitrogens is 4. The summed E-state index contributed by atoms with van der Waals surface area (Å²) >= 11 is 5.03. The van der Waals surface area contributed by atoms with E-state index in [1.807, 2.05) is 87.7 Å². The van der Waals surface area contributed by atoms with Crippen LogP contribution in [0.4, 0.5) is 0 Å². The Morgan fingerprint density at radius 3 is 2.71 bits per heavy atom. The number of pyridine rings is 1. The number of nitrogens with one attached hydrogen (secondary N) is 1. The number of hydrogen-bond acceptors (Lipinski definition) is 4. The normalized spacial score (nSPS) is 11.1. The first-order valence-corrected chi connectivity index (χ1v) is 11.4. The highest BCUT2D eigenvalue weighted by molar-refractivity contribution is 9.10. The molecule has 0 atom stereocenters. The topological polar surface area (TPSA) is 64.2 Å². The lowest BCUT2D eigenvalue weighted by atomic mass is 10.2. The predicted molar refractivity (Wildman–Crippen MR) is 125 cm³/mol. The molecule has 0 aliphatic rings. The second kappa shape index (κ2) is 8.49. The van der Waals surface area contributed by atoms with Gasteiger partial charge >= 0.3 is 0 Å². The van der Waals surface area contributed by atoms with Gasteiger partial charge in [-0.2, -0.15) is 5.10 Å². The minimum atomic E-state index is -0.166. The van der Waals surface area contributed by atoms with Crippen LogP contribution in [-0.2, 0) is 13.1 Å². The number of carbonyl (C=O) groups is 1. The quantitative estimate of drug-likeness (QED) is 0.363. The Morgan fingerprint density at radius 1 is 1.03 bits per heavy atom. The van der Waals surface area contributed by atoms with Crippen molar-refractivity contribution in [3.05, 3.63) is 99.9 Å². The third-order valence-electron chi connectivity index (χ3n) is 4.84. The summed E-state index contributed by atoms with van der Waals surface area (Å²) in [6.45, 7) is 0.944. The van der Waals surface area contributed by atoms with Gasteiger partial charge in [-0.3, -0.25) is 9.48 Å². The van der Waals surface area contributed by atoms with Crippen LogP contribution in [-0.4, -0.2) is 25.1 Å². The fourth-order valence-electron chi connectivity index (χ4n) is 3.40. The summed E-state index contributed by atoms with van der Waals surface area (Å²) in [5.41, 5.74) is 4.01. The van der Waals surface area contributed by atoms with Crippen LogP contribution in [0.5, 0.6) is 0 Å². The molecule has 8 heteroatoms. The number of rotatable bonds is 6. The third-order valence-corrected chi connectivity index (χ3v) is 6.19. The number of imidazole rings is 1. The standard InChI is InChI=1S/C23H18BrN5OS/c24-17-8-9-21-26-18(14-28(21)13-17)11-25-23(30)19-15-29(12-16-5-2-1-3-6-16)27-22(19)20-7-4-10-31-20/h1-10,13-15H,11-12H2,(H,25,30). The van der Waals surface area contributed by atoms with Gasteiger partial charge in [0.2, 0.25) is 0 Å². The first kappa shape index (κ1) is 19.7. The first-order chi connectivity index (χ1) is 15.2. The van der Waals surface area contributed by atoms with Gasteiger partial charge in [0.05, 0.1) is 29.2 Å². The SMILES string of the molecule is O=C(NCc1cn2cc(Br)ccc2n1)c1cn(Cc2ccccc2)nc1-c1cccs1. The van der Waals surface area contributed by atoms with E-state index in [2.05, 4.69) is 26.2 Å². The zero-order chi connectivity index (χ0) is 21.2. The molecule has 4 aromatic heterocycles. The fraction of sp³-hybridized carbons (Fsp3) is 0.0870. The smallest absolute Gasteiger partial charge is 0.255 e. The molecule has 1 N–H and O–H groups in total. The Hall–Kier alpha value is -3.23. The molecular weight excluding hydrogens is 474 g/mol. The van der Waals surface area contributed by atoms with Gasteiger partial charge in [-0.1, -0.05) is 36.4 Å². The molecule has 6 nitrogen and oxygen atoms in total. The van der Waals surface area contributed by atoms with Crippen LogP contribution >= 0.6 is 27.3 Å². The Morgan fingerprint density at radius 2 is 1.90 bits per heavy atom. The molecule has 0 fully saturated rings. The van der Waals surface area contributed by atoms with Crippen molar-refractivity contribution in [3.63, 3.8) is 0 Å². The summed E-state index contributed by atoms with van der Waals surface area (Å²) in [4.78, 5) is 18.6. The zero-order valence-corrected chi connectivity index (χ0v) is 18.8. The Labute approximate surface area is 191 Å². The van der Waals surface area contributed by atoms with Crippen molar-refractivity contribution < 1.29 is 4.79 Å². The van der Waals surface area contributed by atoms with Gasteiger partial charge in [-0.05, 0) is 45.1 Å². The number of carbonyl (C=O) groups excluding carboxylic acids is 1. The molecule has 5 aromatic rings. The molecule has 31 heavy (non-hydrogen) atoms. The van der Waals surface area contributed by atoms with Crippen LogP contribution in [0.1, 0.15) is 21.6 Å². The molecule has 0 aliphatic heterocycles. The van der Waals surface area contributed by atoms with Crippen LogP contribution in [0.3, 0.4) is 0 Å². The van der Waals surface area contributed by atoms with Crippen molar-refractivity contribution >= 4 is 38.8 Å². The Balaban J connectivity index is 1.38. The van der Waals surface area contributed by atoms with Crippen LogP contribution in [0, 0.1) is 0 Å². The minimum Gasteiger partial charge on any atom is -0.346 e. The van der Waals surface area contributed by atoms with E-state index in [1.165, 1.54) is 0 Å². The van der Waals surface area contributed by atoms with Crippen molar-refractivity contribution in [3.8, 4) is 10.6 Å². The summed E-state index contributed by atoms with van der Waals surface area (Å²) < 4.78 is 4.72. The highest BCUT2D eigenvalue weighted by Crippen LogP contribution is 2.27. The van der Waals surface area contributed by atoms with E-state index in [0.29, 0.717) is 24.3 Å².